The third-order valence-electron chi connectivity index (χ3n) is 3.86. The molecule has 1 atom stereocenters. The first kappa shape index (κ1) is 20.3. The van der Waals surface area contributed by atoms with Gasteiger partial charge in [-0.05, 0) is 42.8 Å². The summed E-state index contributed by atoms with van der Waals surface area (Å²) < 4.78 is 11.3. The number of fused-ring (bicyclic) bond motifs is 1. The summed E-state index contributed by atoms with van der Waals surface area (Å²) >= 11 is 1.48. The van der Waals surface area contributed by atoms with Crippen LogP contribution < -0.4 is 20.2 Å². The minimum absolute atomic E-state index is 0.302. The molecule has 3 rings (SSSR count). The predicted octanol–water partition coefficient (Wildman–Crippen LogP) is 3.18. The fourth-order valence-electron chi connectivity index (χ4n) is 2.46. The van der Waals surface area contributed by atoms with E-state index in [0.29, 0.717) is 22.2 Å². The number of rotatable bonds is 7. The maximum absolute atomic E-state index is 12.3. The molecule has 1 amide bonds. The highest BCUT2D eigenvalue weighted by atomic mass is 32.1. The van der Waals surface area contributed by atoms with Crippen molar-refractivity contribution in [1.29, 1.82) is 0 Å². The molecule has 1 heterocycles. The zero-order chi connectivity index (χ0) is 20.8. The average Bonchev–Trinajstić information content (AvgIpc) is 3.10. The summed E-state index contributed by atoms with van der Waals surface area (Å²) in [6.45, 7) is 3.04. The number of hydrogen-bond acceptors (Lipinski definition) is 8. The number of benzene rings is 2. The standard InChI is InChI=1S/C20H20N4O4S/c1-12(22-20-23-15-6-4-5-7-18(15)29-20)19(26)24-21-11-14-8-9-16(28-13(2)25)17(10-14)27-3/h4-12H,1-3H3,(H,22,23)(H,24,26)/b21-11-/t12-/m1/s1. The molecule has 2 N–H and O–H groups in total. The highest BCUT2D eigenvalue weighted by molar-refractivity contribution is 7.22. The largest absolute Gasteiger partial charge is 0.493 e. The predicted molar refractivity (Wildman–Crippen MR) is 113 cm³/mol. The van der Waals surface area contributed by atoms with E-state index in [2.05, 4.69) is 20.8 Å². The van der Waals surface area contributed by atoms with Crippen molar-refractivity contribution in [3.63, 3.8) is 0 Å². The molecule has 8 nitrogen and oxygen atoms in total. The number of hydrogen-bond donors (Lipinski definition) is 2. The van der Waals surface area contributed by atoms with Crippen LogP contribution in [0.15, 0.2) is 47.6 Å². The van der Waals surface area contributed by atoms with Crippen LogP contribution in [0.4, 0.5) is 5.13 Å². The number of amides is 1. The summed E-state index contributed by atoms with van der Waals surface area (Å²) in [4.78, 5) is 27.8. The summed E-state index contributed by atoms with van der Waals surface area (Å²) in [5.41, 5.74) is 4.04. The third kappa shape index (κ3) is 5.29. The first-order valence-electron chi connectivity index (χ1n) is 8.77. The summed E-state index contributed by atoms with van der Waals surface area (Å²) in [7, 11) is 1.47. The Morgan fingerprint density at radius 2 is 2.00 bits per heavy atom. The number of hydrazone groups is 1. The Morgan fingerprint density at radius 3 is 2.72 bits per heavy atom. The highest BCUT2D eigenvalue weighted by Crippen LogP contribution is 2.28. The number of carbonyl (C=O) groups is 2. The summed E-state index contributed by atoms with van der Waals surface area (Å²) in [6.07, 6.45) is 1.47. The number of methoxy groups -OCH3 is 1. The molecule has 0 fully saturated rings. The van der Waals surface area contributed by atoms with Gasteiger partial charge in [0, 0.05) is 6.92 Å². The van der Waals surface area contributed by atoms with E-state index in [4.69, 9.17) is 9.47 Å². The van der Waals surface area contributed by atoms with Gasteiger partial charge in [-0.1, -0.05) is 23.5 Å². The lowest BCUT2D eigenvalue weighted by Crippen LogP contribution is -2.34. The fourth-order valence-corrected chi connectivity index (χ4v) is 3.41. The van der Waals surface area contributed by atoms with E-state index < -0.39 is 12.0 Å². The molecule has 0 saturated carbocycles. The van der Waals surface area contributed by atoms with Gasteiger partial charge in [-0.25, -0.2) is 10.4 Å². The van der Waals surface area contributed by atoms with Crippen molar-refractivity contribution in [3.05, 3.63) is 48.0 Å². The maximum Gasteiger partial charge on any atom is 0.308 e. The van der Waals surface area contributed by atoms with Gasteiger partial charge in [0.2, 0.25) is 0 Å². The lowest BCUT2D eigenvalue weighted by Gasteiger charge is -2.10. The number of nitrogens with zero attached hydrogens (tertiary/aromatic N) is 2. The van der Waals surface area contributed by atoms with E-state index in [-0.39, 0.29) is 5.91 Å². The Bertz CT molecular complexity index is 1030. The van der Waals surface area contributed by atoms with Gasteiger partial charge in [0.1, 0.15) is 6.04 Å². The molecule has 0 aliphatic carbocycles. The second kappa shape index (κ2) is 9.16. The normalized spacial score (nSPS) is 12.0. The molecular formula is C20H20N4O4S. The van der Waals surface area contributed by atoms with Crippen molar-refractivity contribution in [2.45, 2.75) is 19.9 Å². The van der Waals surface area contributed by atoms with Crippen LogP contribution in [-0.2, 0) is 9.59 Å². The van der Waals surface area contributed by atoms with Gasteiger partial charge in [-0.3, -0.25) is 9.59 Å². The minimum atomic E-state index is -0.520. The molecule has 9 heteroatoms. The summed E-state index contributed by atoms with van der Waals surface area (Å²) in [5.74, 6) is -0.0354. The molecular weight excluding hydrogens is 392 g/mol. The van der Waals surface area contributed by atoms with Crippen LogP contribution in [0.3, 0.4) is 0 Å². The minimum Gasteiger partial charge on any atom is -0.493 e. The smallest absolute Gasteiger partial charge is 0.308 e. The maximum atomic E-state index is 12.3. The first-order valence-corrected chi connectivity index (χ1v) is 9.59. The van der Waals surface area contributed by atoms with Crippen molar-refractivity contribution >= 4 is 44.8 Å². The topological polar surface area (TPSA) is 102 Å². The van der Waals surface area contributed by atoms with E-state index >= 15 is 0 Å². The number of para-hydroxylation sites is 1. The molecule has 0 spiro atoms. The van der Waals surface area contributed by atoms with Crippen molar-refractivity contribution < 1.29 is 19.1 Å². The zero-order valence-electron chi connectivity index (χ0n) is 16.1. The van der Waals surface area contributed by atoms with Crippen molar-refractivity contribution in [1.82, 2.24) is 10.4 Å². The quantitative estimate of drug-likeness (QED) is 0.267. The second-order valence-corrected chi connectivity index (χ2v) is 7.12. The van der Waals surface area contributed by atoms with Crippen molar-refractivity contribution in [2.75, 3.05) is 12.4 Å². The Hall–Kier alpha value is -3.46. The zero-order valence-corrected chi connectivity index (χ0v) is 16.9. The van der Waals surface area contributed by atoms with E-state index in [1.165, 1.54) is 31.6 Å². The number of nitrogens with one attached hydrogen (secondary N) is 2. The summed E-state index contributed by atoms with van der Waals surface area (Å²) in [6, 6.07) is 12.2. The van der Waals surface area contributed by atoms with E-state index in [1.54, 1.807) is 25.1 Å². The Kier molecular flexibility index (Phi) is 6.40. The van der Waals surface area contributed by atoms with Crippen LogP contribution in [0.25, 0.3) is 10.2 Å². The molecule has 2 aromatic carbocycles. The number of esters is 1. The lowest BCUT2D eigenvalue weighted by molar-refractivity contribution is -0.132. The number of thiazole rings is 1. The van der Waals surface area contributed by atoms with Crippen LogP contribution in [0.2, 0.25) is 0 Å². The van der Waals surface area contributed by atoms with Gasteiger partial charge in [0.05, 0.1) is 23.5 Å². The first-order chi connectivity index (χ1) is 14.0. The van der Waals surface area contributed by atoms with Gasteiger partial charge in [0.25, 0.3) is 5.91 Å². The molecule has 0 unspecified atom stereocenters. The Balaban J connectivity index is 1.59. The van der Waals surface area contributed by atoms with E-state index in [9.17, 15) is 9.59 Å². The molecule has 0 radical (unpaired) electrons. The number of carbonyl (C=O) groups excluding carboxylic acids is 2. The van der Waals surface area contributed by atoms with Gasteiger partial charge in [-0.2, -0.15) is 5.10 Å². The molecule has 0 saturated heterocycles. The highest BCUT2D eigenvalue weighted by Gasteiger charge is 2.14. The number of aromatic nitrogens is 1. The molecule has 0 bridgehead atoms. The molecule has 0 aliphatic rings. The molecule has 0 aliphatic heterocycles. The monoisotopic (exact) mass is 412 g/mol. The Labute approximate surface area is 171 Å². The van der Waals surface area contributed by atoms with Gasteiger partial charge < -0.3 is 14.8 Å². The van der Waals surface area contributed by atoms with Crippen molar-refractivity contribution in [3.8, 4) is 11.5 Å². The molecule has 3 aromatic rings. The molecule has 150 valence electrons. The molecule has 1 aromatic heterocycles. The average molecular weight is 412 g/mol. The SMILES string of the molecule is COc1cc(/C=N\NC(=O)[C@@H](C)Nc2nc3ccccc3s2)ccc1OC(C)=O. The van der Waals surface area contributed by atoms with Crippen LogP contribution in [0.1, 0.15) is 19.4 Å². The van der Waals surface area contributed by atoms with Crippen LogP contribution in [-0.4, -0.2) is 36.2 Å². The van der Waals surface area contributed by atoms with Gasteiger partial charge in [0.15, 0.2) is 16.6 Å². The van der Waals surface area contributed by atoms with E-state index in [0.717, 1.165) is 10.2 Å². The second-order valence-electron chi connectivity index (χ2n) is 6.09. The number of anilines is 1. The van der Waals surface area contributed by atoms with Crippen LogP contribution in [0, 0.1) is 0 Å². The van der Waals surface area contributed by atoms with Gasteiger partial charge >= 0.3 is 5.97 Å². The Morgan fingerprint density at radius 1 is 1.21 bits per heavy atom. The van der Waals surface area contributed by atoms with Crippen LogP contribution >= 0.6 is 11.3 Å². The molecule has 29 heavy (non-hydrogen) atoms. The van der Waals surface area contributed by atoms with Crippen molar-refractivity contribution in [2.24, 2.45) is 5.10 Å². The van der Waals surface area contributed by atoms with E-state index in [1.807, 2.05) is 24.3 Å². The lowest BCUT2D eigenvalue weighted by atomic mass is 10.2. The summed E-state index contributed by atoms with van der Waals surface area (Å²) in [5, 5.41) is 7.71. The third-order valence-corrected chi connectivity index (χ3v) is 4.82. The fraction of sp³-hybridized carbons (Fsp3) is 0.200. The van der Waals surface area contributed by atoms with Gasteiger partial charge in [-0.15, -0.1) is 0 Å². The van der Waals surface area contributed by atoms with Crippen LogP contribution in [0.5, 0.6) is 11.5 Å². The number of ether oxygens (including phenoxy) is 2.